The monoisotopic (exact) mass is 948 g/mol. The molecule has 1 unspecified atom stereocenters. The van der Waals surface area contributed by atoms with Gasteiger partial charge in [-0.25, -0.2) is 23.1 Å². The molecule has 20 heteroatoms. The lowest BCUT2D eigenvalue weighted by Gasteiger charge is -2.61. The van der Waals surface area contributed by atoms with E-state index in [4.69, 9.17) is 0 Å². The molecule has 3 aromatic carbocycles. The number of nitrogens with one attached hydrogen (secondary N) is 3. The number of anilines is 4. The molecule has 0 radical (unpaired) electrons. The molecule has 4 N–H and O–H groups in total. The van der Waals surface area contributed by atoms with Gasteiger partial charge in [0, 0.05) is 97.3 Å². The topological polar surface area (TPSA) is 185 Å². The predicted molar refractivity (Wildman–Crippen MR) is 244 cm³/mol. The zero-order valence-electron chi connectivity index (χ0n) is 36.7. The van der Waals surface area contributed by atoms with Gasteiger partial charge < -0.3 is 34.6 Å². The van der Waals surface area contributed by atoms with Crippen molar-refractivity contribution in [2.24, 2.45) is 5.41 Å². The van der Waals surface area contributed by atoms with Gasteiger partial charge in [-0.05, 0) is 72.9 Å². The number of aromatic nitrogens is 3. The smallest absolute Gasteiger partial charge is 0.255 e. The third-order valence-electron chi connectivity index (χ3n) is 14.4. The lowest BCUT2D eigenvalue weighted by molar-refractivity contribution is -0.151. The van der Waals surface area contributed by atoms with Gasteiger partial charge in [0.1, 0.15) is 23.8 Å². The minimum Gasteiger partial charge on any atom is -0.389 e. The highest BCUT2D eigenvalue weighted by molar-refractivity contribution is 7.13. The lowest BCUT2D eigenvalue weighted by Crippen LogP contribution is -2.73. The molecule has 2 aromatic heterocycles. The fourth-order valence-corrected chi connectivity index (χ4v) is 11.3. The zero-order chi connectivity index (χ0) is 47.1. The molecule has 5 amide bonds. The fraction of sp³-hybridized carbons (Fsp3) is 0.396. The Hall–Kier alpha value is -6.80. The van der Waals surface area contributed by atoms with Crippen molar-refractivity contribution in [1.82, 2.24) is 29.7 Å². The standard InChI is InChI=1S/C48H47F3N10O6S/c49-29-17-38-41(53-26-58(38)20-29)42(44(65)56-46-52-11-14-68-46)61-21-33-32(45(61)66)15-28(16-34(33)50)27-1-4-31(5-2-27)59-22-47(23-59)24-60(25-47)40(63)19-48(67)9-12-57(13-10-48)37-7-3-30(18-35(37)51)54-36-6-8-39(62)55-43(36)64/h1-5,7,11,14-16,18,26,29,36,42,54,67H,6,8-10,12-13,17,19-25H2,(H,52,56,65)(H,55,62,64)/t29-,36-,42?/m1/s1. The summed E-state index contributed by atoms with van der Waals surface area (Å²) in [5.41, 5.74) is 2.78. The minimum atomic E-state index is -1.25. The Bertz CT molecular complexity index is 2860. The highest BCUT2D eigenvalue weighted by Crippen LogP contribution is 2.44. The highest BCUT2D eigenvalue weighted by Gasteiger charge is 2.54. The Labute approximate surface area is 392 Å². The van der Waals surface area contributed by atoms with E-state index in [0.717, 1.165) is 18.8 Å². The van der Waals surface area contributed by atoms with E-state index in [1.807, 2.05) is 29.2 Å². The van der Waals surface area contributed by atoms with Crippen molar-refractivity contribution in [3.63, 3.8) is 0 Å². The Morgan fingerprint density at radius 2 is 1.72 bits per heavy atom. The van der Waals surface area contributed by atoms with E-state index in [9.17, 15) is 33.5 Å². The third kappa shape index (κ3) is 8.01. The fourth-order valence-electron chi connectivity index (χ4n) is 10.7. The molecule has 11 rings (SSSR count). The molecule has 16 nitrogen and oxygen atoms in total. The van der Waals surface area contributed by atoms with Crippen molar-refractivity contribution < 1.29 is 42.3 Å². The summed E-state index contributed by atoms with van der Waals surface area (Å²) in [6.45, 7) is 3.30. The van der Waals surface area contributed by atoms with Crippen LogP contribution in [-0.2, 0) is 38.7 Å². The normalized spacial score (nSPS) is 21.8. The largest absolute Gasteiger partial charge is 0.389 e. The maximum atomic E-state index is 15.9. The first-order chi connectivity index (χ1) is 32.7. The molecular weight excluding hydrogens is 902 g/mol. The molecule has 5 aromatic rings. The number of imidazole rings is 1. The molecule has 0 bridgehead atoms. The van der Waals surface area contributed by atoms with Crippen LogP contribution < -0.4 is 25.8 Å². The average molecular weight is 949 g/mol. The highest BCUT2D eigenvalue weighted by atomic mass is 32.1. The first-order valence-corrected chi connectivity index (χ1v) is 23.6. The summed E-state index contributed by atoms with van der Waals surface area (Å²) in [7, 11) is 0. The molecule has 1 spiro atoms. The number of thiazole rings is 1. The van der Waals surface area contributed by atoms with Gasteiger partial charge in [-0.1, -0.05) is 12.1 Å². The van der Waals surface area contributed by atoms with Gasteiger partial charge in [0.05, 0.1) is 42.8 Å². The second kappa shape index (κ2) is 16.8. The molecule has 352 valence electrons. The van der Waals surface area contributed by atoms with Gasteiger partial charge in [0.2, 0.25) is 17.7 Å². The first-order valence-electron chi connectivity index (χ1n) is 22.7. The van der Waals surface area contributed by atoms with Crippen LogP contribution in [0.2, 0.25) is 0 Å². The minimum absolute atomic E-state index is 0.0112. The Morgan fingerprint density at radius 1 is 0.941 bits per heavy atom. The number of carbonyl (C=O) groups excluding carboxylic acids is 5. The Balaban J connectivity index is 0.678. The van der Waals surface area contributed by atoms with Crippen LogP contribution in [0.3, 0.4) is 0 Å². The molecule has 68 heavy (non-hydrogen) atoms. The van der Waals surface area contributed by atoms with Crippen molar-refractivity contribution in [2.75, 3.05) is 59.7 Å². The summed E-state index contributed by atoms with van der Waals surface area (Å²) in [6, 6.07) is 13.4. The summed E-state index contributed by atoms with van der Waals surface area (Å²) >= 11 is 1.21. The number of carbonyl (C=O) groups is 5. The summed E-state index contributed by atoms with van der Waals surface area (Å²) in [5, 5.41) is 21.5. The van der Waals surface area contributed by atoms with E-state index in [1.54, 1.807) is 33.0 Å². The number of alkyl halides is 1. The second-order valence-corrected chi connectivity index (χ2v) is 19.9. The van der Waals surface area contributed by atoms with Crippen LogP contribution in [0, 0.1) is 17.0 Å². The van der Waals surface area contributed by atoms with Gasteiger partial charge in [-0.3, -0.25) is 34.6 Å². The van der Waals surface area contributed by atoms with Crippen molar-refractivity contribution in [2.45, 2.75) is 75.5 Å². The van der Waals surface area contributed by atoms with Gasteiger partial charge in [-0.2, -0.15) is 0 Å². The maximum absolute atomic E-state index is 15.9. The number of piperidine rings is 2. The van der Waals surface area contributed by atoms with Crippen molar-refractivity contribution >= 4 is 63.1 Å². The number of amides is 5. The molecule has 6 aliphatic rings. The number of fused-ring (bicyclic) bond motifs is 2. The Morgan fingerprint density at radius 3 is 2.44 bits per heavy atom. The average Bonchev–Trinajstić information content (AvgIpc) is 4.08. The summed E-state index contributed by atoms with van der Waals surface area (Å²) < 4.78 is 47.3. The number of imide groups is 1. The number of nitrogens with zero attached hydrogens (tertiary/aromatic N) is 7. The SMILES string of the molecule is O=C1CC[C@@H](Nc2ccc(N3CCC(O)(CC(=O)N4CC5(C4)CN(c4ccc(-c6cc(F)c7c(c6)C(=O)N(C(C(=O)Nc6nccs6)c6ncn8c6C[C@@H](F)C8)C7)cc4)C5)CC3)c(F)c2)C(=O)N1. The van der Waals surface area contributed by atoms with E-state index < -0.39 is 53.2 Å². The van der Waals surface area contributed by atoms with Crippen molar-refractivity contribution in [3.8, 4) is 11.1 Å². The number of halogens is 3. The molecule has 4 fully saturated rings. The van der Waals surface area contributed by atoms with Crippen LogP contribution in [-0.4, -0.2) is 116 Å². The van der Waals surface area contributed by atoms with E-state index in [2.05, 4.69) is 30.8 Å². The zero-order valence-corrected chi connectivity index (χ0v) is 37.5. The summed E-state index contributed by atoms with van der Waals surface area (Å²) in [5.74, 6) is -3.05. The quantitative estimate of drug-likeness (QED) is 0.133. The van der Waals surface area contributed by atoms with Gasteiger partial charge in [-0.15, -0.1) is 11.3 Å². The van der Waals surface area contributed by atoms with Crippen LogP contribution in [0.25, 0.3) is 11.1 Å². The molecule has 3 atom stereocenters. The van der Waals surface area contributed by atoms with Gasteiger partial charge >= 0.3 is 0 Å². The number of likely N-dealkylation sites (tertiary alicyclic amines) is 1. The van der Waals surface area contributed by atoms with Crippen LogP contribution >= 0.6 is 11.3 Å². The number of hydrogen-bond donors (Lipinski definition) is 4. The predicted octanol–water partition coefficient (Wildman–Crippen LogP) is 4.80. The van der Waals surface area contributed by atoms with Crippen LogP contribution in [0.4, 0.5) is 35.4 Å². The van der Waals surface area contributed by atoms with Crippen LogP contribution in [0.15, 0.2) is 72.5 Å². The van der Waals surface area contributed by atoms with Crippen LogP contribution in [0.1, 0.15) is 65.5 Å². The van der Waals surface area contributed by atoms with E-state index in [-0.39, 0.29) is 66.4 Å². The number of hydrogen-bond acceptors (Lipinski definition) is 12. The molecule has 8 heterocycles. The Kier molecular flexibility index (Phi) is 10.8. The maximum Gasteiger partial charge on any atom is 0.255 e. The lowest BCUT2D eigenvalue weighted by atomic mass is 9.72. The first kappa shape index (κ1) is 43.8. The second-order valence-electron chi connectivity index (χ2n) is 19.0. The number of aliphatic hydroxyl groups is 1. The molecule has 0 aliphatic carbocycles. The van der Waals surface area contributed by atoms with Crippen molar-refractivity contribution in [1.29, 1.82) is 0 Å². The van der Waals surface area contributed by atoms with E-state index >= 15 is 8.78 Å². The summed E-state index contributed by atoms with van der Waals surface area (Å²) in [4.78, 5) is 80.7. The van der Waals surface area contributed by atoms with E-state index in [1.165, 1.54) is 40.9 Å². The summed E-state index contributed by atoms with van der Waals surface area (Å²) in [6.07, 6.45) is 3.02. The van der Waals surface area contributed by atoms with Gasteiger partial charge in [0.15, 0.2) is 11.2 Å². The van der Waals surface area contributed by atoms with Crippen LogP contribution in [0.5, 0.6) is 0 Å². The third-order valence-corrected chi connectivity index (χ3v) is 15.0. The number of benzene rings is 3. The van der Waals surface area contributed by atoms with Crippen molar-refractivity contribution in [3.05, 3.63) is 107 Å². The van der Waals surface area contributed by atoms with Gasteiger partial charge in [0.25, 0.3) is 11.8 Å². The number of rotatable bonds is 11. The molecule has 0 saturated carbocycles. The molecule has 6 aliphatic heterocycles. The van der Waals surface area contributed by atoms with E-state index in [0.29, 0.717) is 78.8 Å². The molecule has 4 saturated heterocycles. The molecular formula is C48H47F3N10O6S.